The van der Waals surface area contributed by atoms with Crippen LogP contribution in [0, 0.1) is 0 Å². The second kappa shape index (κ2) is 14.4. The van der Waals surface area contributed by atoms with E-state index in [1.807, 2.05) is 72.8 Å². The maximum absolute atomic E-state index is 13.8. The zero-order valence-corrected chi connectivity index (χ0v) is 23.6. The monoisotopic (exact) mass is 578 g/mol. The molecule has 0 aromatic heterocycles. The van der Waals surface area contributed by atoms with E-state index in [1.165, 1.54) is 6.42 Å². The molecule has 4 nitrogen and oxygen atoms in total. The lowest BCUT2D eigenvalue weighted by Crippen LogP contribution is -2.52. The van der Waals surface area contributed by atoms with Gasteiger partial charge in [0.05, 0.1) is 0 Å². The Morgan fingerprint density at radius 2 is 1.51 bits per heavy atom. The van der Waals surface area contributed by atoms with Crippen molar-refractivity contribution < 1.29 is 9.59 Å². The minimum atomic E-state index is -0.567. The van der Waals surface area contributed by atoms with Gasteiger partial charge >= 0.3 is 0 Å². The average molecular weight is 580 g/mol. The molecule has 0 aliphatic heterocycles. The number of benzene rings is 3. The lowest BCUT2D eigenvalue weighted by molar-refractivity contribution is -0.141. The van der Waals surface area contributed by atoms with Crippen LogP contribution in [-0.2, 0) is 22.6 Å². The van der Waals surface area contributed by atoms with Gasteiger partial charge in [-0.25, -0.2) is 0 Å². The van der Waals surface area contributed by atoms with Crippen LogP contribution >= 0.6 is 27.7 Å². The maximum Gasteiger partial charge on any atom is 0.243 e. The van der Waals surface area contributed by atoms with Gasteiger partial charge in [-0.05, 0) is 48.2 Å². The molecule has 1 aliphatic rings. The maximum atomic E-state index is 13.8. The predicted molar refractivity (Wildman–Crippen MR) is 155 cm³/mol. The third-order valence-electron chi connectivity index (χ3n) is 6.82. The summed E-state index contributed by atoms with van der Waals surface area (Å²) in [5, 5.41) is 3.31. The first kappa shape index (κ1) is 27.5. The highest BCUT2D eigenvalue weighted by Crippen LogP contribution is 2.23. The molecule has 3 aromatic carbocycles. The van der Waals surface area contributed by atoms with Crippen LogP contribution in [0.1, 0.15) is 49.7 Å². The van der Waals surface area contributed by atoms with Crippen molar-refractivity contribution in [3.63, 3.8) is 0 Å². The largest absolute Gasteiger partial charge is 0.352 e. The summed E-state index contributed by atoms with van der Waals surface area (Å²) < 4.78 is 0.990. The molecule has 0 spiro atoms. The van der Waals surface area contributed by atoms with E-state index in [0.29, 0.717) is 25.1 Å². The lowest BCUT2D eigenvalue weighted by atomic mass is 9.94. The molecule has 3 aromatic rings. The molecule has 1 atom stereocenters. The molecule has 0 saturated heterocycles. The molecule has 0 unspecified atom stereocenters. The summed E-state index contributed by atoms with van der Waals surface area (Å²) in [5.74, 6) is 0.630. The molecule has 1 N–H and O–H groups in total. The molecule has 37 heavy (non-hydrogen) atoms. The Morgan fingerprint density at radius 1 is 0.865 bits per heavy atom. The number of carbonyl (C=O) groups is 2. The summed E-state index contributed by atoms with van der Waals surface area (Å²) in [6, 6.07) is 27.8. The van der Waals surface area contributed by atoms with Crippen LogP contribution in [0.25, 0.3) is 0 Å². The van der Waals surface area contributed by atoms with Crippen LogP contribution in [0.3, 0.4) is 0 Å². The Hall–Kier alpha value is -2.57. The number of amides is 2. The van der Waals surface area contributed by atoms with Gasteiger partial charge in [-0.2, -0.15) is 0 Å². The Labute approximate surface area is 233 Å². The second-order valence-electron chi connectivity index (χ2n) is 9.61. The topological polar surface area (TPSA) is 49.4 Å². The average Bonchev–Trinajstić information content (AvgIpc) is 2.93. The normalized spacial score (nSPS) is 14.6. The summed E-state index contributed by atoms with van der Waals surface area (Å²) in [4.78, 5) is 30.5. The third-order valence-corrected chi connectivity index (χ3v) is 8.36. The predicted octanol–water partition coefficient (Wildman–Crippen LogP) is 7.02. The van der Waals surface area contributed by atoms with Crippen molar-refractivity contribution >= 4 is 39.5 Å². The highest BCUT2D eigenvalue weighted by molar-refractivity contribution is 9.10. The zero-order valence-electron chi connectivity index (χ0n) is 21.2. The van der Waals surface area contributed by atoms with E-state index < -0.39 is 6.04 Å². The van der Waals surface area contributed by atoms with E-state index in [1.54, 1.807) is 16.7 Å². The van der Waals surface area contributed by atoms with Gasteiger partial charge in [-0.15, -0.1) is 11.8 Å². The molecule has 1 aliphatic carbocycles. The fourth-order valence-electron chi connectivity index (χ4n) is 4.80. The van der Waals surface area contributed by atoms with Crippen LogP contribution < -0.4 is 5.32 Å². The first-order chi connectivity index (χ1) is 18.1. The summed E-state index contributed by atoms with van der Waals surface area (Å²) in [6.07, 6.45) is 6.41. The molecular formula is C31H35BrN2O2S. The summed E-state index contributed by atoms with van der Waals surface area (Å²) in [5.41, 5.74) is 2.06. The van der Waals surface area contributed by atoms with Gasteiger partial charge in [0, 0.05) is 40.5 Å². The number of carbonyl (C=O) groups excluding carboxylic acids is 2. The van der Waals surface area contributed by atoms with Crippen molar-refractivity contribution in [1.82, 2.24) is 10.2 Å². The molecule has 6 heteroatoms. The number of rotatable bonds is 11. The van der Waals surface area contributed by atoms with Crippen LogP contribution in [0.4, 0.5) is 0 Å². The Kier molecular flexibility index (Phi) is 10.7. The Balaban J connectivity index is 1.56. The van der Waals surface area contributed by atoms with Gasteiger partial charge in [0.25, 0.3) is 0 Å². The van der Waals surface area contributed by atoms with E-state index in [-0.39, 0.29) is 17.9 Å². The molecule has 0 bridgehead atoms. The standard InChI is InChI=1S/C31H35BrN2O2S/c32-26-18-16-25(17-19-26)23-34(30(35)20-21-37-28-14-8-3-9-15-28)29(22-24-10-4-1-5-11-24)31(36)33-27-12-6-2-7-13-27/h1,3-5,8-11,14-19,27,29H,2,6-7,12-13,20-23H2,(H,33,36)/t29-/m1/s1. The summed E-state index contributed by atoms with van der Waals surface area (Å²) in [7, 11) is 0. The first-order valence-electron chi connectivity index (χ1n) is 13.1. The van der Waals surface area contributed by atoms with Gasteiger partial charge in [0.2, 0.25) is 11.8 Å². The van der Waals surface area contributed by atoms with E-state index in [4.69, 9.17) is 0 Å². The van der Waals surface area contributed by atoms with Gasteiger partial charge < -0.3 is 10.2 Å². The fourth-order valence-corrected chi connectivity index (χ4v) is 5.93. The zero-order chi connectivity index (χ0) is 25.9. The van der Waals surface area contributed by atoms with Crippen molar-refractivity contribution in [1.29, 1.82) is 0 Å². The molecule has 194 valence electrons. The summed E-state index contributed by atoms with van der Waals surface area (Å²) in [6.45, 7) is 0.400. The van der Waals surface area contributed by atoms with Crippen LogP contribution in [-0.4, -0.2) is 34.6 Å². The number of nitrogens with zero attached hydrogens (tertiary/aromatic N) is 1. The van der Waals surface area contributed by atoms with Gasteiger partial charge in [-0.1, -0.05) is 95.9 Å². The smallest absolute Gasteiger partial charge is 0.243 e. The fraction of sp³-hybridized carbons (Fsp3) is 0.355. The number of hydrogen-bond donors (Lipinski definition) is 1. The van der Waals surface area contributed by atoms with E-state index in [2.05, 4.69) is 33.4 Å². The van der Waals surface area contributed by atoms with E-state index in [9.17, 15) is 9.59 Å². The van der Waals surface area contributed by atoms with Crippen molar-refractivity contribution in [2.75, 3.05) is 5.75 Å². The minimum absolute atomic E-state index is 0.00563. The van der Waals surface area contributed by atoms with Crippen molar-refractivity contribution in [2.45, 2.75) is 68.5 Å². The third kappa shape index (κ3) is 8.75. The lowest BCUT2D eigenvalue weighted by Gasteiger charge is -2.33. The number of halogens is 1. The molecule has 1 saturated carbocycles. The van der Waals surface area contributed by atoms with Crippen molar-refractivity contribution in [3.05, 3.63) is 101 Å². The number of nitrogens with one attached hydrogen (secondary N) is 1. The van der Waals surface area contributed by atoms with Crippen LogP contribution in [0.2, 0.25) is 0 Å². The molecule has 1 fully saturated rings. The molecular weight excluding hydrogens is 544 g/mol. The van der Waals surface area contributed by atoms with Crippen LogP contribution in [0.15, 0.2) is 94.3 Å². The van der Waals surface area contributed by atoms with Gasteiger partial charge in [0.1, 0.15) is 6.04 Å². The van der Waals surface area contributed by atoms with E-state index in [0.717, 1.165) is 46.2 Å². The van der Waals surface area contributed by atoms with E-state index >= 15 is 0 Å². The SMILES string of the molecule is O=C(NC1CCCCC1)[C@@H](Cc1ccccc1)N(Cc1ccc(Br)cc1)C(=O)CCSc1ccccc1. The van der Waals surface area contributed by atoms with Crippen molar-refractivity contribution in [2.24, 2.45) is 0 Å². The Bertz CT molecular complexity index is 1120. The first-order valence-corrected chi connectivity index (χ1v) is 14.9. The minimum Gasteiger partial charge on any atom is -0.352 e. The molecule has 4 rings (SSSR count). The molecule has 0 heterocycles. The molecule has 0 radical (unpaired) electrons. The van der Waals surface area contributed by atoms with Crippen molar-refractivity contribution in [3.8, 4) is 0 Å². The van der Waals surface area contributed by atoms with Gasteiger partial charge in [0.15, 0.2) is 0 Å². The van der Waals surface area contributed by atoms with Gasteiger partial charge in [-0.3, -0.25) is 9.59 Å². The highest BCUT2D eigenvalue weighted by Gasteiger charge is 2.31. The summed E-state index contributed by atoms with van der Waals surface area (Å²) >= 11 is 5.17. The second-order valence-corrected chi connectivity index (χ2v) is 11.7. The quantitative estimate of drug-likeness (QED) is 0.249. The number of hydrogen-bond acceptors (Lipinski definition) is 3. The number of thioether (sulfide) groups is 1. The Morgan fingerprint density at radius 3 is 2.19 bits per heavy atom. The van der Waals surface area contributed by atoms with Crippen LogP contribution in [0.5, 0.6) is 0 Å². The molecule has 2 amide bonds. The highest BCUT2D eigenvalue weighted by atomic mass is 79.9.